The normalized spacial score (nSPS) is 10.4. The molecule has 3 rings (SSSR count). The topological polar surface area (TPSA) is 58.2 Å². The minimum atomic E-state index is -0.115. The first-order valence-corrected chi connectivity index (χ1v) is 8.88. The first-order chi connectivity index (χ1) is 12.1. The summed E-state index contributed by atoms with van der Waals surface area (Å²) in [6.45, 7) is 1.47. The SMILES string of the molecule is CC(=O)Nc1cccc(SCC(=O)Nc2cccc3ccccc23)c1. The van der Waals surface area contributed by atoms with E-state index in [9.17, 15) is 9.59 Å². The Hall–Kier alpha value is -2.79. The van der Waals surface area contributed by atoms with E-state index >= 15 is 0 Å². The zero-order valence-corrected chi connectivity index (χ0v) is 14.6. The van der Waals surface area contributed by atoms with Gasteiger partial charge >= 0.3 is 0 Å². The zero-order valence-electron chi connectivity index (χ0n) is 13.8. The monoisotopic (exact) mass is 350 g/mol. The van der Waals surface area contributed by atoms with Gasteiger partial charge in [0, 0.05) is 28.6 Å². The maximum absolute atomic E-state index is 12.3. The number of benzene rings is 3. The first-order valence-electron chi connectivity index (χ1n) is 7.90. The highest BCUT2D eigenvalue weighted by Gasteiger charge is 2.07. The Labute approximate surface area is 150 Å². The molecule has 0 unspecified atom stereocenters. The number of anilines is 2. The quantitative estimate of drug-likeness (QED) is 0.665. The van der Waals surface area contributed by atoms with Gasteiger partial charge in [0.1, 0.15) is 0 Å². The molecule has 4 nitrogen and oxygen atoms in total. The van der Waals surface area contributed by atoms with E-state index in [1.165, 1.54) is 18.7 Å². The fraction of sp³-hybridized carbons (Fsp3) is 0.100. The molecule has 0 spiro atoms. The fourth-order valence-corrected chi connectivity index (χ4v) is 3.29. The van der Waals surface area contributed by atoms with Crippen molar-refractivity contribution in [2.45, 2.75) is 11.8 Å². The van der Waals surface area contributed by atoms with Gasteiger partial charge in [-0.3, -0.25) is 9.59 Å². The molecule has 0 aliphatic carbocycles. The molecule has 0 radical (unpaired) electrons. The molecule has 3 aromatic carbocycles. The molecule has 126 valence electrons. The van der Waals surface area contributed by atoms with Crippen LogP contribution in [0.25, 0.3) is 10.8 Å². The Morgan fingerprint density at radius 1 is 0.920 bits per heavy atom. The molecule has 0 saturated carbocycles. The van der Waals surface area contributed by atoms with E-state index < -0.39 is 0 Å². The molecule has 0 heterocycles. The van der Waals surface area contributed by atoms with Gasteiger partial charge in [-0.25, -0.2) is 0 Å². The van der Waals surface area contributed by atoms with Crippen LogP contribution in [0.1, 0.15) is 6.92 Å². The van der Waals surface area contributed by atoms with Crippen molar-refractivity contribution < 1.29 is 9.59 Å². The molecule has 5 heteroatoms. The van der Waals surface area contributed by atoms with Gasteiger partial charge in [0.2, 0.25) is 11.8 Å². The van der Waals surface area contributed by atoms with Crippen molar-refractivity contribution in [3.05, 3.63) is 66.7 Å². The molecular weight excluding hydrogens is 332 g/mol. The van der Waals surface area contributed by atoms with Crippen molar-refractivity contribution in [3.8, 4) is 0 Å². The average Bonchev–Trinajstić information content (AvgIpc) is 2.60. The minimum Gasteiger partial charge on any atom is -0.326 e. The highest BCUT2D eigenvalue weighted by atomic mass is 32.2. The van der Waals surface area contributed by atoms with E-state index in [-0.39, 0.29) is 11.8 Å². The lowest BCUT2D eigenvalue weighted by molar-refractivity contribution is -0.114. The van der Waals surface area contributed by atoms with Crippen LogP contribution in [-0.4, -0.2) is 17.6 Å². The van der Waals surface area contributed by atoms with Crippen molar-refractivity contribution in [2.24, 2.45) is 0 Å². The minimum absolute atomic E-state index is 0.0636. The van der Waals surface area contributed by atoms with E-state index in [1.54, 1.807) is 0 Å². The molecule has 0 saturated heterocycles. The fourth-order valence-electron chi connectivity index (χ4n) is 2.54. The average molecular weight is 350 g/mol. The summed E-state index contributed by atoms with van der Waals surface area (Å²) in [4.78, 5) is 24.3. The maximum Gasteiger partial charge on any atom is 0.234 e. The zero-order chi connectivity index (χ0) is 17.6. The molecule has 2 N–H and O–H groups in total. The number of carbonyl (C=O) groups excluding carboxylic acids is 2. The van der Waals surface area contributed by atoms with Gasteiger partial charge in [-0.2, -0.15) is 0 Å². The summed E-state index contributed by atoms with van der Waals surface area (Å²) in [5.74, 6) is 0.120. The van der Waals surface area contributed by atoms with Crippen molar-refractivity contribution in [1.29, 1.82) is 0 Å². The third kappa shape index (κ3) is 4.61. The molecule has 0 aliphatic heterocycles. The predicted octanol–water partition coefficient (Wildman–Crippen LogP) is 4.53. The Balaban J connectivity index is 1.64. The molecule has 0 aliphatic rings. The second-order valence-corrected chi connectivity index (χ2v) is 6.62. The number of nitrogens with one attached hydrogen (secondary N) is 2. The van der Waals surface area contributed by atoms with Crippen LogP contribution in [0.3, 0.4) is 0 Å². The maximum atomic E-state index is 12.3. The number of hydrogen-bond donors (Lipinski definition) is 2. The van der Waals surface area contributed by atoms with Gasteiger partial charge in [0.05, 0.1) is 5.75 Å². The second-order valence-electron chi connectivity index (χ2n) is 5.57. The Kier molecular flexibility index (Phi) is 5.36. The molecule has 25 heavy (non-hydrogen) atoms. The Morgan fingerprint density at radius 2 is 1.68 bits per heavy atom. The third-order valence-corrected chi connectivity index (χ3v) is 4.58. The van der Waals surface area contributed by atoms with Crippen LogP contribution in [0.4, 0.5) is 11.4 Å². The van der Waals surface area contributed by atoms with Crippen molar-refractivity contribution in [2.75, 3.05) is 16.4 Å². The van der Waals surface area contributed by atoms with Gasteiger partial charge in [0.15, 0.2) is 0 Å². The van der Waals surface area contributed by atoms with E-state index in [1.807, 2.05) is 66.7 Å². The lowest BCUT2D eigenvalue weighted by Crippen LogP contribution is -2.14. The molecule has 0 bridgehead atoms. The number of fused-ring (bicyclic) bond motifs is 1. The van der Waals surface area contributed by atoms with E-state index in [4.69, 9.17) is 0 Å². The summed E-state index contributed by atoms with van der Waals surface area (Å²) in [7, 11) is 0. The molecule has 0 atom stereocenters. The molecule has 3 aromatic rings. The summed E-state index contributed by atoms with van der Waals surface area (Å²) in [6.07, 6.45) is 0. The van der Waals surface area contributed by atoms with Crippen LogP contribution in [-0.2, 0) is 9.59 Å². The summed E-state index contributed by atoms with van der Waals surface area (Å²) < 4.78 is 0. The Morgan fingerprint density at radius 3 is 2.52 bits per heavy atom. The first kappa shape index (κ1) is 17.0. The second kappa shape index (κ2) is 7.85. The molecule has 0 fully saturated rings. The molecule has 2 amide bonds. The van der Waals surface area contributed by atoms with Crippen LogP contribution in [0.15, 0.2) is 71.6 Å². The van der Waals surface area contributed by atoms with Gasteiger partial charge in [-0.05, 0) is 29.7 Å². The predicted molar refractivity (Wildman–Crippen MR) is 104 cm³/mol. The number of amides is 2. The van der Waals surface area contributed by atoms with Crippen LogP contribution in [0, 0.1) is 0 Å². The highest BCUT2D eigenvalue weighted by molar-refractivity contribution is 8.00. The van der Waals surface area contributed by atoms with Crippen LogP contribution in [0.5, 0.6) is 0 Å². The Bertz CT molecular complexity index is 919. The summed E-state index contributed by atoms with van der Waals surface area (Å²) in [6, 6.07) is 21.3. The lowest BCUT2D eigenvalue weighted by Gasteiger charge is -2.09. The molecular formula is C20H18N2O2S. The van der Waals surface area contributed by atoms with Crippen LogP contribution >= 0.6 is 11.8 Å². The van der Waals surface area contributed by atoms with Gasteiger partial charge in [-0.1, -0.05) is 42.5 Å². The number of carbonyl (C=O) groups is 2. The summed E-state index contributed by atoms with van der Waals surface area (Å²) >= 11 is 1.43. The summed E-state index contributed by atoms with van der Waals surface area (Å²) in [5.41, 5.74) is 1.54. The van der Waals surface area contributed by atoms with E-state index in [0.717, 1.165) is 27.0 Å². The number of rotatable bonds is 5. The van der Waals surface area contributed by atoms with Crippen LogP contribution < -0.4 is 10.6 Å². The van der Waals surface area contributed by atoms with Gasteiger partial charge < -0.3 is 10.6 Å². The third-order valence-electron chi connectivity index (χ3n) is 3.59. The number of hydrogen-bond acceptors (Lipinski definition) is 3. The highest BCUT2D eigenvalue weighted by Crippen LogP contribution is 2.25. The smallest absolute Gasteiger partial charge is 0.234 e. The molecule has 0 aromatic heterocycles. The van der Waals surface area contributed by atoms with Crippen molar-refractivity contribution in [3.63, 3.8) is 0 Å². The summed E-state index contributed by atoms with van der Waals surface area (Å²) in [5, 5.41) is 7.83. The van der Waals surface area contributed by atoms with Gasteiger partial charge in [-0.15, -0.1) is 11.8 Å². The van der Waals surface area contributed by atoms with Gasteiger partial charge in [0.25, 0.3) is 0 Å². The van der Waals surface area contributed by atoms with Crippen molar-refractivity contribution in [1.82, 2.24) is 0 Å². The lowest BCUT2D eigenvalue weighted by atomic mass is 10.1. The standard InChI is InChI=1S/C20H18N2O2S/c1-14(23)21-16-8-5-9-17(12-16)25-13-20(24)22-19-11-4-7-15-6-2-3-10-18(15)19/h2-12H,13H2,1H3,(H,21,23)(H,22,24). The van der Waals surface area contributed by atoms with E-state index in [2.05, 4.69) is 10.6 Å². The van der Waals surface area contributed by atoms with Crippen LogP contribution in [0.2, 0.25) is 0 Å². The van der Waals surface area contributed by atoms with E-state index in [0.29, 0.717) is 5.75 Å². The largest absolute Gasteiger partial charge is 0.326 e. The van der Waals surface area contributed by atoms with Crippen molar-refractivity contribution >= 4 is 45.7 Å². The number of thioether (sulfide) groups is 1.